The highest BCUT2D eigenvalue weighted by atomic mass is 35.5. The maximum absolute atomic E-state index is 13.5. The third kappa shape index (κ3) is 4.93. The Morgan fingerprint density at radius 2 is 2.05 bits per heavy atom. The smallest absolute Gasteiger partial charge is 0.357 e. The van der Waals surface area contributed by atoms with E-state index in [9.17, 15) is 19.2 Å². The normalized spacial score (nSPS) is 16.9. The maximum Gasteiger partial charge on any atom is 0.357 e. The van der Waals surface area contributed by atoms with Crippen LogP contribution in [0.25, 0.3) is 0 Å². The van der Waals surface area contributed by atoms with Crippen LogP contribution in [0.15, 0.2) is 47.8 Å². The lowest BCUT2D eigenvalue weighted by Gasteiger charge is -2.24. The number of esters is 1. The van der Waals surface area contributed by atoms with E-state index in [0.717, 1.165) is 16.2 Å². The van der Waals surface area contributed by atoms with Gasteiger partial charge in [0.15, 0.2) is 22.3 Å². The monoisotopic (exact) mass is 542 g/mol. The molecule has 2 aromatic carbocycles. The van der Waals surface area contributed by atoms with Crippen LogP contribution in [-0.2, 0) is 20.7 Å². The summed E-state index contributed by atoms with van der Waals surface area (Å²) in [5.74, 6) is -0.948. The number of hydrogen-bond acceptors (Lipinski definition) is 9. The number of nitrogens with zero attached hydrogens (tertiary/aromatic N) is 2. The molecule has 0 aliphatic carbocycles. The molecule has 1 aromatic heterocycles. The molecule has 3 heterocycles. The van der Waals surface area contributed by atoms with E-state index < -0.39 is 35.9 Å². The van der Waals surface area contributed by atoms with Gasteiger partial charge in [0, 0.05) is 16.8 Å². The van der Waals surface area contributed by atoms with Crippen molar-refractivity contribution in [3.8, 4) is 11.5 Å². The average molecular weight is 543 g/mol. The number of halogens is 1. The van der Waals surface area contributed by atoms with Gasteiger partial charge in [-0.05, 0) is 35.4 Å². The molecule has 190 valence electrons. The highest BCUT2D eigenvalue weighted by Crippen LogP contribution is 2.36. The number of fused-ring (bicyclic) bond motifs is 1. The summed E-state index contributed by atoms with van der Waals surface area (Å²) in [6.07, 6.45) is -0.00531. The molecule has 3 aromatic rings. The molecular weight excluding hydrogens is 524 g/mol. The quantitative estimate of drug-likeness (QED) is 0.343. The van der Waals surface area contributed by atoms with Gasteiger partial charge in [-0.25, -0.2) is 19.5 Å². The Morgan fingerprint density at radius 3 is 2.84 bits per heavy atom. The van der Waals surface area contributed by atoms with Gasteiger partial charge < -0.3 is 24.8 Å². The van der Waals surface area contributed by atoms with Crippen molar-refractivity contribution in [1.29, 1.82) is 0 Å². The first-order valence-corrected chi connectivity index (χ1v) is 12.2. The highest BCUT2D eigenvalue weighted by Gasteiger charge is 2.45. The molecule has 0 spiro atoms. The Kier molecular flexibility index (Phi) is 6.68. The molecule has 37 heavy (non-hydrogen) atoms. The lowest BCUT2D eigenvalue weighted by atomic mass is 10.0. The molecule has 4 amide bonds. The van der Waals surface area contributed by atoms with Crippen LogP contribution in [0.5, 0.6) is 11.5 Å². The van der Waals surface area contributed by atoms with Crippen LogP contribution >= 0.6 is 22.9 Å². The Hall–Kier alpha value is -4.16. The van der Waals surface area contributed by atoms with Crippen molar-refractivity contribution in [2.45, 2.75) is 18.5 Å². The number of carbonyl (C=O) groups is 4. The van der Waals surface area contributed by atoms with Gasteiger partial charge >= 0.3 is 12.0 Å². The molecule has 0 saturated carbocycles. The van der Waals surface area contributed by atoms with E-state index in [1.165, 1.54) is 12.5 Å². The summed E-state index contributed by atoms with van der Waals surface area (Å²) in [6.45, 7) is 0.0617. The topological polar surface area (TPSA) is 136 Å². The third-order valence-corrected chi connectivity index (χ3v) is 6.76. The molecule has 11 nitrogen and oxygen atoms in total. The van der Waals surface area contributed by atoms with Gasteiger partial charge in [-0.3, -0.25) is 9.59 Å². The van der Waals surface area contributed by atoms with Crippen molar-refractivity contribution in [2.24, 2.45) is 0 Å². The molecule has 13 heteroatoms. The Morgan fingerprint density at radius 1 is 1.24 bits per heavy atom. The van der Waals surface area contributed by atoms with Crippen LogP contribution in [0.2, 0.25) is 5.02 Å². The number of ether oxygens (including phenoxy) is 3. The van der Waals surface area contributed by atoms with Crippen LogP contribution in [-0.4, -0.2) is 53.6 Å². The second kappa shape index (κ2) is 10.1. The molecular formula is C24H19ClN4O7S. The lowest BCUT2D eigenvalue weighted by Crippen LogP contribution is -2.49. The van der Waals surface area contributed by atoms with E-state index in [4.69, 9.17) is 21.1 Å². The Balaban J connectivity index is 1.43. The zero-order valence-corrected chi connectivity index (χ0v) is 20.8. The van der Waals surface area contributed by atoms with Crippen molar-refractivity contribution < 1.29 is 33.4 Å². The number of benzene rings is 2. The summed E-state index contributed by atoms with van der Waals surface area (Å²) in [6, 6.07) is 8.68. The fraction of sp³-hybridized carbons (Fsp3) is 0.208. The van der Waals surface area contributed by atoms with Crippen LogP contribution in [0.4, 0.5) is 9.93 Å². The number of hydrogen-bond donors (Lipinski definition) is 2. The number of imide groups is 1. The molecule has 2 aliphatic heterocycles. The maximum atomic E-state index is 13.5. The molecule has 2 N–H and O–H groups in total. The van der Waals surface area contributed by atoms with E-state index in [0.29, 0.717) is 27.6 Å². The zero-order chi connectivity index (χ0) is 26.1. The fourth-order valence-electron chi connectivity index (χ4n) is 4.01. The first kappa shape index (κ1) is 24.5. The predicted molar refractivity (Wildman–Crippen MR) is 132 cm³/mol. The van der Waals surface area contributed by atoms with Crippen molar-refractivity contribution in [3.05, 3.63) is 69.7 Å². The number of anilines is 1. The van der Waals surface area contributed by atoms with Crippen molar-refractivity contribution >= 4 is 51.9 Å². The van der Waals surface area contributed by atoms with Crippen LogP contribution in [0.1, 0.15) is 27.7 Å². The minimum absolute atomic E-state index is 0.00531. The number of urea groups is 1. The largest absolute Gasteiger partial charge is 0.464 e. The minimum Gasteiger partial charge on any atom is -0.464 e. The van der Waals surface area contributed by atoms with Crippen molar-refractivity contribution in [1.82, 2.24) is 15.2 Å². The van der Waals surface area contributed by atoms with Gasteiger partial charge in [-0.15, -0.1) is 11.3 Å². The van der Waals surface area contributed by atoms with E-state index >= 15 is 0 Å². The third-order valence-electron chi connectivity index (χ3n) is 5.76. The van der Waals surface area contributed by atoms with E-state index in [1.807, 2.05) is 0 Å². The summed E-state index contributed by atoms with van der Waals surface area (Å²) in [4.78, 5) is 56.6. The van der Waals surface area contributed by atoms with Gasteiger partial charge in [0.2, 0.25) is 12.7 Å². The van der Waals surface area contributed by atoms with E-state index in [2.05, 4.69) is 20.4 Å². The predicted octanol–water partition coefficient (Wildman–Crippen LogP) is 3.15. The number of aromatic nitrogens is 1. The number of carbonyl (C=O) groups excluding carboxylic acids is 4. The Labute approximate surface area is 219 Å². The highest BCUT2D eigenvalue weighted by molar-refractivity contribution is 7.14. The summed E-state index contributed by atoms with van der Waals surface area (Å²) < 4.78 is 15.3. The first-order valence-electron chi connectivity index (χ1n) is 11.0. The average Bonchev–Trinajstić information content (AvgIpc) is 3.61. The molecule has 2 atom stereocenters. The van der Waals surface area contributed by atoms with Gasteiger partial charge in [0.1, 0.15) is 12.1 Å². The molecule has 0 bridgehead atoms. The molecule has 1 saturated heterocycles. The van der Waals surface area contributed by atoms with E-state index in [-0.39, 0.29) is 24.0 Å². The van der Waals surface area contributed by atoms with Gasteiger partial charge in [-0.1, -0.05) is 29.8 Å². The fourth-order valence-corrected chi connectivity index (χ4v) is 4.91. The number of amides is 4. The van der Waals surface area contributed by atoms with Crippen LogP contribution < -0.4 is 20.1 Å². The standard InChI is InChI=1S/C24H19ClN4O7S/c1-34-22(32)15-10-37-23(26-15)28-20(30)16(8-12-3-2-4-14(25)7-12)29-21(31)19(27-24(29)33)13-5-6-17-18(9-13)36-11-35-17/h2-7,9-10,16,19H,8,11H2,1H3,(H,27,33)(H,26,28,30). The number of nitrogens with one attached hydrogen (secondary N) is 2. The van der Waals surface area contributed by atoms with Crippen molar-refractivity contribution in [2.75, 3.05) is 19.2 Å². The van der Waals surface area contributed by atoms with Gasteiger partial charge in [0.05, 0.1) is 7.11 Å². The molecule has 1 fully saturated rings. The molecule has 2 unspecified atom stereocenters. The summed E-state index contributed by atoms with van der Waals surface area (Å²) in [5, 5.41) is 7.22. The summed E-state index contributed by atoms with van der Waals surface area (Å²) in [5.41, 5.74) is 1.14. The van der Waals surface area contributed by atoms with Crippen LogP contribution in [0, 0.1) is 0 Å². The zero-order valence-electron chi connectivity index (χ0n) is 19.2. The lowest BCUT2D eigenvalue weighted by molar-refractivity contribution is -0.134. The van der Waals surface area contributed by atoms with E-state index in [1.54, 1.807) is 42.5 Å². The summed E-state index contributed by atoms with van der Waals surface area (Å²) in [7, 11) is 1.22. The van der Waals surface area contributed by atoms with Gasteiger partial charge in [0.25, 0.3) is 5.91 Å². The molecule has 5 rings (SSSR count). The minimum atomic E-state index is -1.24. The Bertz CT molecular complexity index is 1410. The molecule has 0 radical (unpaired) electrons. The first-order chi connectivity index (χ1) is 17.8. The van der Waals surface area contributed by atoms with Crippen LogP contribution in [0.3, 0.4) is 0 Å². The second-order valence-electron chi connectivity index (χ2n) is 8.07. The van der Waals surface area contributed by atoms with Gasteiger partial charge in [-0.2, -0.15) is 0 Å². The number of rotatable bonds is 7. The molecule has 2 aliphatic rings. The number of thiazole rings is 1. The SMILES string of the molecule is COC(=O)c1csc(NC(=O)C(Cc2cccc(Cl)c2)N2C(=O)NC(c3ccc4c(c3)OCO4)C2=O)n1. The second-order valence-corrected chi connectivity index (χ2v) is 9.37. The summed E-state index contributed by atoms with van der Waals surface area (Å²) >= 11 is 7.12. The number of methoxy groups -OCH3 is 1. The van der Waals surface area contributed by atoms with Crippen molar-refractivity contribution in [3.63, 3.8) is 0 Å².